The highest BCUT2D eigenvalue weighted by Crippen LogP contribution is 2.22. The van der Waals surface area contributed by atoms with E-state index in [9.17, 15) is 18.9 Å². The number of hydrogen-bond acceptors (Lipinski definition) is 3. The number of carbonyl (C=O) groups is 2. The lowest BCUT2D eigenvalue weighted by atomic mass is 10.1. The number of carbonyl (C=O) groups excluding carboxylic acids is 1. The molecule has 3 atom stereocenters. The van der Waals surface area contributed by atoms with Gasteiger partial charge in [-0.2, -0.15) is 0 Å². The van der Waals surface area contributed by atoms with Gasteiger partial charge in [0.25, 0.3) is 0 Å². The summed E-state index contributed by atoms with van der Waals surface area (Å²) in [5, 5.41) is 14.1. The Balaban J connectivity index is 2.72. The fourth-order valence-corrected chi connectivity index (χ4v) is 2.08. The Labute approximate surface area is 130 Å². The van der Waals surface area contributed by atoms with Gasteiger partial charge in [-0.05, 0) is 13.0 Å². The predicted molar refractivity (Wildman–Crippen MR) is 81.9 cm³/mol. The second-order valence-corrected chi connectivity index (χ2v) is 6.67. The number of aliphatic carboxylic acids is 1. The second kappa shape index (κ2) is 7.99. The van der Waals surface area contributed by atoms with E-state index in [4.69, 9.17) is 11.6 Å². The first-order chi connectivity index (χ1) is 9.82. The molecule has 2 unspecified atom stereocenters. The highest BCUT2D eigenvalue weighted by Gasteiger charge is 2.24. The molecule has 0 fully saturated rings. The molecular weight excluding hydrogens is 316 g/mol. The number of carboxylic acids is 1. The molecule has 1 aromatic rings. The predicted octanol–water partition coefficient (Wildman–Crippen LogP) is 1.53. The summed E-state index contributed by atoms with van der Waals surface area (Å²) in [7, 11) is -1.07. The van der Waals surface area contributed by atoms with Crippen LogP contribution in [-0.2, 0) is 15.6 Å². The van der Waals surface area contributed by atoms with Crippen molar-refractivity contribution < 1.29 is 18.9 Å². The summed E-state index contributed by atoms with van der Waals surface area (Å²) in [5.41, 5.74) is 0.300. The molecule has 3 N–H and O–H groups in total. The van der Waals surface area contributed by atoms with Gasteiger partial charge in [0.2, 0.25) is 0 Å². The zero-order chi connectivity index (χ0) is 16.0. The number of urea groups is 1. The number of carboxylic acid groups (broad SMARTS) is 1. The number of rotatable bonds is 6. The van der Waals surface area contributed by atoms with Crippen molar-refractivity contribution in [2.75, 3.05) is 12.8 Å². The molecule has 0 spiro atoms. The van der Waals surface area contributed by atoms with E-state index in [-0.39, 0.29) is 16.8 Å². The Morgan fingerprint density at radius 2 is 2.00 bits per heavy atom. The van der Waals surface area contributed by atoms with Gasteiger partial charge in [0.1, 0.15) is 0 Å². The molecule has 0 heterocycles. The second-order valence-electron chi connectivity index (χ2n) is 4.46. The van der Waals surface area contributed by atoms with E-state index in [0.717, 1.165) is 0 Å². The third-order valence-electron chi connectivity index (χ3n) is 2.86. The molecule has 0 aliphatic heterocycles. The molecule has 0 aliphatic rings. The number of benzene rings is 1. The van der Waals surface area contributed by atoms with Gasteiger partial charge < -0.3 is 15.7 Å². The van der Waals surface area contributed by atoms with Crippen LogP contribution in [0.1, 0.15) is 18.5 Å². The Morgan fingerprint density at radius 3 is 2.52 bits per heavy atom. The molecule has 0 aliphatic carbocycles. The van der Waals surface area contributed by atoms with Gasteiger partial charge in [-0.15, -0.1) is 0 Å². The standard InChI is InChI=1S/C13H17ClN2O4S/c1-8(21(2)20)7-15-13(19)16-11(12(17)18)9-5-3-4-6-10(9)14/h3-6,8,11H,7H2,1-2H3,(H,17,18)(H2,15,16,19)/t8?,11-,21?/m1/s1. The van der Waals surface area contributed by atoms with Crippen molar-refractivity contribution in [1.82, 2.24) is 10.6 Å². The van der Waals surface area contributed by atoms with Crippen LogP contribution in [0.2, 0.25) is 5.02 Å². The molecule has 0 radical (unpaired) electrons. The highest BCUT2D eigenvalue weighted by atomic mass is 35.5. The van der Waals surface area contributed by atoms with E-state index in [1.165, 1.54) is 12.3 Å². The van der Waals surface area contributed by atoms with Crippen LogP contribution >= 0.6 is 11.6 Å². The number of amides is 2. The third-order valence-corrected chi connectivity index (χ3v) is 4.50. The minimum Gasteiger partial charge on any atom is -0.479 e. The maximum atomic E-state index is 11.7. The molecule has 0 saturated heterocycles. The van der Waals surface area contributed by atoms with Crippen LogP contribution in [0.5, 0.6) is 0 Å². The Morgan fingerprint density at radius 1 is 1.38 bits per heavy atom. The molecule has 1 aromatic carbocycles. The Bertz CT molecular complexity index is 553. The first kappa shape index (κ1) is 17.5. The lowest BCUT2D eigenvalue weighted by Crippen LogP contribution is -2.43. The normalized spacial score (nSPS) is 14.8. The van der Waals surface area contributed by atoms with Gasteiger partial charge in [-0.1, -0.05) is 29.8 Å². The number of nitrogens with one attached hydrogen (secondary N) is 2. The summed E-state index contributed by atoms with van der Waals surface area (Å²) >= 11 is 5.94. The van der Waals surface area contributed by atoms with Crippen LogP contribution in [0.15, 0.2) is 24.3 Å². The summed E-state index contributed by atoms with van der Waals surface area (Å²) < 4.78 is 11.2. The molecule has 0 bridgehead atoms. The molecule has 21 heavy (non-hydrogen) atoms. The number of halogens is 1. The molecule has 0 saturated carbocycles. The van der Waals surface area contributed by atoms with E-state index in [1.807, 2.05) is 0 Å². The zero-order valence-electron chi connectivity index (χ0n) is 11.6. The molecule has 0 aromatic heterocycles. The summed E-state index contributed by atoms with van der Waals surface area (Å²) in [6.07, 6.45) is 1.54. The van der Waals surface area contributed by atoms with Crippen LogP contribution in [-0.4, -0.2) is 39.4 Å². The van der Waals surface area contributed by atoms with E-state index >= 15 is 0 Å². The van der Waals surface area contributed by atoms with Gasteiger partial charge in [0.05, 0.1) is 0 Å². The quantitative estimate of drug-likeness (QED) is 0.736. The highest BCUT2D eigenvalue weighted by molar-refractivity contribution is 7.84. The van der Waals surface area contributed by atoms with Crippen LogP contribution in [0.25, 0.3) is 0 Å². The Kier molecular flexibility index (Phi) is 6.64. The van der Waals surface area contributed by atoms with Crippen LogP contribution in [0, 0.1) is 0 Å². The van der Waals surface area contributed by atoms with Crippen LogP contribution in [0.3, 0.4) is 0 Å². The van der Waals surface area contributed by atoms with Crippen LogP contribution < -0.4 is 10.6 Å². The fraction of sp³-hybridized carbons (Fsp3) is 0.385. The van der Waals surface area contributed by atoms with Crippen molar-refractivity contribution in [2.24, 2.45) is 0 Å². The first-order valence-electron chi connectivity index (χ1n) is 6.16. The molecule has 2 amide bonds. The summed E-state index contributed by atoms with van der Waals surface area (Å²) in [4.78, 5) is 23.0. The van der Waals surface area contributed by atoms with Crippen LogP contribution in [0.4, 0.5) is 4.79 Å². The lowest BCUT2D eigenvalue weighted by molar-refractivity contribution is -0.139. The molecule has 1 rings (SSSR count). The van der Waals surface area contributed by atoms with E-state index < -0.39 is 28.8 Å². The third kappa shape index (κ3) is 5.35. The van der Waals surface area contributed by atoms with Crippen molar-refractivity contribution in [1.29, 1.82) is 0 Å². The topological polar surface area (TPSA) is 95.5 Å². The summed E-state index contributed by atoms with van der Waals surface area (Å²) in [6, 6.07) is 4.49. The van der Waals surface area contributed by atoms with E-state index in [0.29, 0.717) is 5.56 Å². The van der Waals surface area contributed by atoms with Crippen molar-refractivity contribution in [3.63, 3.8) is 0 Å². The van der Waals surface area contributed by atoms with Gasteiger partial charge in [-0.25, -0.2) is 9.59 Å². The van der Waals surface area contributed by atoms with E-state index in [1.54, 1.807) is 25.1 Å². The maximum absolute atomic E-state index is 11.7. The van der Waals surface area contributed by atoms with Crippen molar-refractivity contribution in [3.8, 4) is 0 Å². The zero-order valence-corrected chi connectivity index (χ0v) is 13.2. The average molecular weight is 333 g/mol. The van der Waals surface area contributed by atoms with Gasteiger partial charge in [0.15, 0.2) is 6.04 Å². The minimum absolute atomic E-state index is 0.184. The minimum atomic E-state index is -1.25. The molecule has 6 nitrogen and oxygen atoms in total. The van der Waals surface area contributed by atoms with E-state index in [2.05, 4.69) is 10.6 Å². The maximum Gasteiger partial charge on any atom is 0.331 e. The van der Waals surface area contributed by atoms with Gasteiger partial charge >= 0.3 is 12.0 Å². The molecular formula is C13H17ClN2O4S. The SMILES string of the molecule is CC(CNC(=O)N[C@@H](C(=O)O)c1ccccc1Cl)S(C)=O. The fourth-order valence-electron chi connectivity index (χ4n) is 1.52. The number of hydrogen-bond donors (Lipinski definition) is 3. The van der Waals surface area contributed by atoms with Gasteiger partial charge in [0, 0.05) is 39.4 Å². The largest absolute Gasteiger partial charge is 0.479 e. The molecule has 8 heteroatoms. The van der Waals surface area contributed by atoms with Gasteiger partial charge in [-0.3, -0.25) is 4.21 Å². The first-order valence-corrected chi connectivity index (χ1v) is 8.16. The monoisotopic (exact) mass is 332 g/mol. The van der Waals surface area contributed by atoms with Crippen molar-refractivity contribution >= 4 is 34.4 Å². The molecule has 116 valence electrons. The Hall–Kier alpha value is -1.60. The summed E-state index contributed by atoms with van der Waals surface area (Å²) in [5.74, 6) is -1.22. The average Bonchev–Trinajstić information content (AvgIpc) is 2.42. The lowest BCUT2D eigenvalue weighted by Gasteiger charge is -2.17. The summed E-state index contributed by atoms with van der Waals surface area (Å²) in [6.45, 7) is 1.91. The van der Waals surface area contributed by atoms with Crippen molar-refractivity contribution in [3.05, 3.63) is 34.9 Å². The van der Waals surface area contributed by atoms with Crippen molar-refractivity contribution in [2.45, 2.75) is 18.2 Å². The smallest absolute Gasteiger partial charge is 0.331 e.